The summed E-state index contributed by atoms with van der Waals surface area (Å²) in [5.41, 5.74) is 1.65. The smallest absolute Gasteiger partial charge is 0.0359 e. The minimum atomic E-state index is 0.724. The lowest BCUT2D eigenvalue weighted by Gasteiger charge is -2.39. The van der Waals surface area contributed by atoms with Gasteiger partial charge >= 0.3 is 0 Å². The van der Waals surface area contributed by atoms with Crippen LogP contribution in [0.5, 0.6) is 0 Å². The number of fused-ring (bicyclic) bond motifs is 1. The van der Waals surface area contributed by atoms with Gasteiger partial charge in [-0.1, -0.05) is 6.92 Å². The molecule has 2 nitrogen and oxygen atoms in total. The van der Waals surface area contributed by atoms with Crippen molar-refractivity contribution in [3.05, 3.63) is 21.9 Å². The molecule has 1 saturated heterocycles. The summed E-state index contributed by atoms with van der Waals surface area (Å²) >= 11 is 1.97. The summed E-state index contributed by atoms with van der Waals surface area (Å²) in [5.74, 6) is 0. The van der Waals surface area contributed by atoms with Crippen molar-refractivity contribution in [3.8, 4) is 0 Å². The molecule has 2 aliphatic rings. The Bertz CT molecular complexity index is 393. The largest absolute Gasteiger partial charge is 0.314 e. The van der Waals surface area contributed by atoms with E-state index >= 15 is 0 Å². The van der Waals surface area contributed by atoms with Gasteiger partial charge in [-0.3, -0.25) is 4.90 Å². The Morgan fingerprint density at radius 3 is 2.95 bits per heavy atom. The monoisotopic (exact) mass is 278 g/mol. The molecule has 1 atom stereocenters. The van der Waals surface area contributed by atoms with E-state index in [4.69, 9.17) is 0 Å². The number of hydrogen-bond acceptors (Lipinski definition) is 3. The van der Waals surface area contributed by atoms with Crippen LogP contribution in [0.1, 0.15) is 55.5 Å². The quantitative estimate of drug-likeness (QED) is 0.905. The number of thiophene rings is 1. The van der Waals surface area contributed by atoms with Crippen LogP contribution < -0.4 is 5.32 Å². The predicted octanol–water partition coefficient (Wildman–Crippen LogP) is 3.59. The van der Waals surface area contributed by atoms with Crippen LogP contribution in [0.3, 0.4) is 0 Å². The molecule has 106 valence electrons. The van der Waals surface area contributed by atoms with Crippen LogP contribution in [0.25, 0.3) is 0 Å². The minimum Gasteiger partial charge on any atom is -0.314 e. The molecule has 1 aliphatic carbocycles. The van der Waals surface area contributed by atoms with Crippen molar-refractivity contribution in [1.82, 2.24) is 10.2 Å². The Hall–Kier alpha value is -0.380. The highest BCUT2D eigenvalue weighted by Gasteiger charge is 2.29. The lowest BCUT2D eigenvalue weighted by molar-refractivity contribution is 0.131. The molecule has 0 bridgehead atoms. The number of nitrogens with one attached hydrogen (secondary N) is 1. The zero-order chi connectivity index (χ0) is 13.1. The maximum atomic E-state index is 3.68. The van der Waals surface area contributed by atoms with Crippen molar-refractivity contribution < 1.29 is 0 Å². The van der Waals surface area contributed by atoms with Gasteiger partial charge in [0.25, 0.3) is 0 Å². The number of piperidine rings is 1. The van der Waals surface area contributed by atoms with Crippen molar-refractivity contribution in [2.24, 2.45) is 0 Å². The SMILES string of the molecule is CCCNC1CCN(C2CCCc3sccc32)CC1. The highest BCUT2D eigenvalue weighted by Crippen LogP contribution is 2.38. The van der Waals surface area contributed by atoms with E-state index in [0.29, 0.717) is 0 Å². The Morgan fingerprint density at radius 2 is 2.16 bits per heavy atom. The lowest BCUT2D eigenvalue weighted by atomic mass is 9.91. The first-order valence-corrected chi connectivity index (χ1v) is 8.80. The van der Waals surface area contributed by atoms with Crippen molar-refractivity contribution in [1.29, 1.82) is 0 Å². The maximum Gasteiger partial charge on any atom is 0.0359 e. The third-order valence-corrected chi connectivity index (χ3v) is 5.67. The van der Waals surface area contributed by atoms with Crippen molar-refractivity contribution in [2.45, 2.75) is 57.5 Å². The van der Waals surface area contributed by atoms with Crippen molar-refractivity contribution in [3.63, 3.8) is 0 Å². The van der Waals surface area contributed by atoms with Crippen LogP contribution in [0.15, 0.2) is 11.4 Å². The van der Waals surface area contributed by atoms with E-state index < -0.39 is 0 Å². The first-order valence-electron chi connectivity index (χ1n) is 7.92. The maximum absolute atomic E-state index is 3.68. The van der Waals surface area contributed by atoms with Gasteiger partial charge in [-0.05, 0) is 62.1 Å². The molecule has 0 amide bonds. The number of nitrogens with zero attached hydrogens (tertiary/aromatic N) is 1. The first-order chi connectivity index (χ1) is 9.38. The fraction of sp³-hybridized carbons (Fsp3) is 0.750. The molecule has 2 heterocycles. The fourth-order valence-corrected chi connectivity index (χ4v) is 4.59. The molecule has 19 heavy (non-hydrogen) atoms. The topological polar surface area (TPSA) is 15.3 Å². The summed E-state index contributed by atoms with van der Waals surface area (Å²) in [5, 5.41) is 5.97. The third-order valence-electron chi connectivity index (χ3n) is 4.67. The van der Waals surface area contributed by atoms with E-state index in [9.17, 15) is 0 Å². The summed E-state index contributed by atoms with van der Waals surface area (Å²) in [6.07, 6.45) is 7.98. The molecular formula is C16H26N2S. The molecule has 1 aliphatic heterocycles. The van der Waals surface area contributed by atoms with Gasteiger partial charge < -0.3 is 5.32 Å². The number of rotatable bonds is 4. The van der Waals surface area contributed by atoms with Gasteiger partial charge in [-0.25, -0.2) is 0 Å². The number of hydrogen-bond donors (Lipinski definition) is 1. The zero-order valence-corrected chi connectivity index (χ0v) is 12.8. The Labute approximate surface area is 121 Å². The van der Waals surface area contributed by atoms with E-state index in [-0.39, 0.29) is 0 Å². The van der Waals surface area contributed by atoms with Crippen LogP contribution in [-0.4, -0.2) is 30.6 Å². The van der Waals surface area contributed by atoms with Gasteiger partial charge in [0.1, 0.15) is 0 Å². The van der Waals surface area contributed by atoms with Crippen LogP contribution in [0.2, 0.25) is 0 Å². The van der Waals surface area contributed by atoms with Crippen molar-refractivity contribution >= 4 is 11.3 Å². The molecule has 3 heteroatoms. The van der Waals surface area contributed by atoms with E-state index in [1.54, 1.807) is 10.4 Å². The van der Waals surface area contributed by atoms with Crippen LogP contribution in [0, 0.1) is 0 Å². The lowest BCUT2D eigenvalue weighted by Crippen LogP contribution is -2.44. The van der Waals surface area contributed by atoms with E-state index in [1.165, 1.54) is 58.2 Å². The van der Waals surface area contributed by atoms with Gasteiger partial charge in [-0.2, -0.15) is 0 Å². The zero-order valence-electron chi connectivity index (χ0n) is 12.0. The average Bonchev–Trinajstić information content (AvgIpc) is 2.94. The van der Waals surface area contributed by atoms with Gasteiger partial charge in [0.15, 0.2) is 0 Å². The molecule has 1 aromatic heterocycles. The molecule has 1 unspecified atom stereocenters. The van der Waals surface area contributed by atoms with Gasteiger partial charge in [-0.15, -0.1) is 11.3 Å². The molecule has 0 radical (unpaired) electrons. The standard InChI is InChI=1S/C16H26N2S/c1-2-9-17-13-6-10-18(11-7-13)15-4-3-5-16-14(15)8-12-19-16/h8,12-13,15,17H,2-7,9-11H2,1H3. The molecule has 1 fully saturated rings. The highest BCUT2D eigenvalue weighted by molar-refractivity contribution is 7.10. The number of likely N-dealkylation sites (tertiary alicyclic amines) is 1. The molecule has 0 spiro atoms. The Morgan fingerprint density at radius 1 is 1.32 bits per heavy atom. The minimum absolute atomic E-state index is 0.724. The van der Waals surface area contributed by atoms with E-state index in [1.807, 2.05) is 11.3 Å². The van der Waals surface area contributed by atoms with Gasteiger partial charge in [0.05, 0.1) is 0 Å². The first kappa shape index (κ1) is 13.6. The molecule has 1 aromatic rings. The molecule has 1 N–H and O–H groups in total. The summed E-state index contributed by atoms with van der Waals surface area (Å²) in [4.78, 5) is 4.40. The van der Waals surface area contributed by atoms with Gasteiger partial charge in [0.2, 0.25) is 0 Å². The predicted molar refractivity (Wildman–Crippen MR) is 82.9 cm³/mol. The van der Waals surface area contributed by atoms with Gasteiger partial charge in [0, 0.05) is 30.1 Å². The summed E-state index contributed by atoms with van der Waals surface area (Å²) < 4.78 is 0. The Kier molecular flexibility index (Phi) is 4.57. The number of aryl methyl sites for hydroxylation is 1. The summed E-state index contributed by atoms with van der Waals surface area (Å²) in [6, 6.07) is 3.87. The van der Waals surface area contributed by atoms with Crippen LogP contribution in [-0.2, 0) is 6.42 Å². The second-order valence-electron chi connectivity index (χ2n) is 5.97. The summed E-state index contributed by atoms with van der Waals surface area (Å²) in [7, 11) is 0. The highest BCUT2D eigenvalue weighted by atomic mass is 32.1. The summed E-state index contributed by atoms with van der Waals surface area (Å²) in [6.45, 7) is 5.99. The molecule has 3 rings (SSSR count). The van der Waals surface area contributed by atoms with E-state index in [2.05, 4.69) is 28.6 Å². The average molecular weight is 278 g/mol. The van der Waals surface area contributed by atoms with Crippen LogP contribution in [0.4, 0.5) is 0 Å². The normalized spacial score (nSPS) is 25.4. The second kappa shape index (κ2) is 6.38. The Balaban J connectivity index is 1.58. The second-order valence-corrected chi connectivity index (χ2v) is 6.97. The molecule has 0 saturated carbocycles. The molecule has 0 aromatic carbocycles. The van der Waals surface area contributed by atoms with Crippen LogP contribution >= 0.6 is 11.3 Å². The third kappa shape index (κ3) is 3.04. The van der Waals surface area contributed by atoms with E-state index in [0.717, 1.165) is 12.1 Å². The fourth-order valence-electron chi connectivity index (χ4n) is 3.61. The molecular weight excluding hydrogens is 252 g/mol. The van der Waals surface area contributed by atoms with Crippen molar-refractivity contribution in [2.75, 3.05) is 19.6 Å².